The van der Waals surface area contributed by atoms with Gasteiger partial charge < -0.3 is 15.5 Å². The number of anilines is 2. The molecule has 4 rings (SSSR count). The number of benzene rings is 3. The van der Waals surface area contributed by atoms with Crippen molar-refractivity contribution in [1.82, 2.24) is 5.32 Å². The molecule has 0 unspecified atom stereocenters. The van der Waals surface area contributed by atoms with Crippen molar-refractivity contribution < 1.29 is 9.59 Å². The second kappa shape index (κ2) is 9.14. The zero-order valence-electron chi connectivity index (χ0n) is 17.9. The van der Waals surface area contributed by atoms with Crippen LogP contribution in [0, 0.1) is 6.92 Å². The second-order valence-electron chi connectivity index (χ2n) is 7.85. The summed E-state index contributed by atoms with van der Waals surface area (Å²) in [6, 6.07) is 22.9. The van der Waals surface area contributed by atoms with E-state index in [9.17, 15) is 9.59 Å². The van der Waals surface area contributed by atoms with Crippen molar-refractivity contribution in [3.05, 3.63) is 95.1 Å². The third-order valence-corrected chi connectivity index (χ3v) is 5.85. The monoisotopic (exact) mass is 413 g/mol. The molecule has 1 atom stereocenters. The van der Waals surface area contributed by atoms with Gasteiger partial charge in [-0.3, -0.25) is 9.59 Å². The molecule has 0 aromatic heterocycles. The van der Waals surface area contributed by atoms with Gasteiger partial charge in [0.15, 0.2) is 0 Å². The third-order valence-electron chi connectivity index (χ3n) is 5.85. The largest absolute Gasteiger partial charge is 0.322 e. The van der Waals surface area contributed by atoms with Gasteiger partial charge in [-0.25, -0.2) is 0 Å². The average Bonchev–Trinajstić information content (AvgIpc) is 2.99. The van der Waals surface area contributed by atoms with Crippen LogP contribution < -0.4 is 15.5 Å². The highest BCUT2D eigenvalue weighted by Gasteiger charge is 2.26. The number of hydrogen-bond donors (Lipinski definition) is 2. The molecule has 0 saturated carbocycles. The topological polar surface area (TPSA) is 61.4 Å². The molecule has 0 aliphatic carbocycles. The standard InChI is InChI=1S/C26H27N3O2/c1-18-8-3-4-9-21(18)25(30)28-20-15-13-19(14-16-20)26(31)29-17-7-11-23(27-2)22-10-5-6-12-24(22)29/h3-6,8-10,12-16,23,27H,7,11,17H2,1-2H3,(H,28,30)/t23-/m0/s1. The van der Waals surface area contributed by atoms with Gasteiger partial charge in [-0.05, 0) is 74.3 Å². The van der Waals surface area contributed by atoms with Crippen LogP contribution in [0.2, 0.25) is 0 Å². The van der Waals surface area contributed by atoms with Crippen LogP contribution in [0.15, 0.2) is 72.8 Å². The van der Waals surface area contributed by atoms with E-state index in [2.05, 4.69) is 16.7 Å². The van der Waals surface area contributed by atoms with Crippen LogP contribution in [-0.4, -0.2) is 25.4 Å². The van der Waals surface area contributed by atoms with Gasteiger partial charge in [0.25, 0.3) is 11.8 Å². The van der Waals surface area contributed by atoms with Crippen molar-refractivity contribution in [2.75, 3.05) is 23.8 Å². The molecule has 0 spiro atoms. The fraction of sp³-hybridized carbons (Fsp3) is 0.231. The van der Waals surface area contributed by atoms with E-state index < -0.39 is 0 Å². The van der Waals surface area contributed by atoms with Crippen LogP contribution in [0.4, 0.5) is 11.4 Å². The molecule has 2 N–H and O–H groups in total. The van der Waals surface area contributed by atoms with Gasteiger partial charge in [-0.1, -0.05) is 36.4 Å². The van der Waals surface area contributed by atoms with Gasteiger partial charge in [0.2, 0.25) is 0 Å². The fourth-order valence-corrected chi connectivity index (χ4v) is 4.15. The number of hydrogen-bond acceptors (Lipinski definition) is 3. The first-order chi connectivity index (χ1) is 15.1. The minimum Gasteiger partial charge on any atom is -0.322 e. The van der Waals surface area contributed by atoms with E-state index in [1.807, 2.05) is 55.3 Å². The number of carbonyl (C=O) groups excluding carboxylic acids is 2. The Morgan fingerprint density at radius 2 is 1.65 bits per heavy atom. The number of carbonyl (C=O) groups is 2. The summed E-state index contributed by atoms with van der Waals surface area (Å²) in [4.78, 5) is 27.7. The van der Waals surface area contributed by atoms with Crippen molar-refractivity contribution in [2.45, 2.75) is 25.8 Å². The maximum Gasteiger partial charge on any atom is 0.258 e. The molecule has 31 heavy (non-hydrogen) atoms. The van der Waals surface area contributed by atoms with E-state index >= 15 is 0 Å². The average molecular weight is 414 g/mol. The summed E-state index contributed by atoms with van der Waals surface area (Å²) in [6.45, 7) is 2.59. The maximum atomic E-state index is 13.3. The molecule has 2 amide bonds. The molecule has 1 aliphatic heterocycles. The predicted molar refractivity (Wildman–Crippen MR) is 125 cm³/mol. The lowest BCUT2D eigenvalue weighted by molar-refractivity contribution is 0.0985. The third kappa shape index (κ3) is 4.37. The first-order valence-electron chi connectivity index (χ1n) is 10.6. The Bertz CT molecular complexity index is 1090. The second-order valence-corrected chi connectivity index (χ2v) is 7.85. The lowest BCUT2D eigenvalue weighted by Gasteiger charge is -2.24. The summed E-state index contributed by atoms with van der Waals surface area (Å²) in [5.41, 5.74) is 4.94. The van der Waals surface area contributed by atoms with E-state index in [0.717, 1.165) is 29.7 Å². The smallest absolute Gasteiger partial charge is 0.258 e. The molecule has 0 bridgehead atoms. The van der Waals surface area contributed by atoms with E-state index in [-0.39, 0.29) is 17.9 Å². The number of amides is 2. The van der Waals surface area contributed by atoms with E-state index in [0.29, 0.717) is 23.4 Å². The Morgan fingerprint density at radius 1 is 0.935 bits per heavy atom. The summed E-state index contributed by atoms with van der Waals surface area (Å²) in [7, 11) is 1.96. The van der Waals surface area contributed by atoms with Crippen LogP contribution in [0.25, 0.3) is 0 Å². The van der Waals surface area contributed by atoms with Gasteiger partial charge in [0, 0.05) is 35.1 Å². The van der Waals surface area contributed by atoms with Gasteiger partial charge in [-0.15, -0.1) is 0 Å². The Balaban J connectivity index is 1.53. The van der Waals surface area contributed by atoms with Crippen molar-refractivity contribution in [1.29, 1.82) is 0 Å². The number of nitrogens with one attached hydrogen (secondary N) is 2. The summed E-state index contributed by atoms with van der Waals surface area (Å²) in [5.74, 6) is -0.183. The van der Waals surface area contributed by atoms with Crippen molar-refractivity contribution >= 4 is 23.2 Å². The quantitative estimate of drug-likeness (QED) is 0.636. The molecule has 0 radical (unpaired) electrons. The van der Waals surface area contributed by atoms with Gasteiger partial charge >= 0.3 is 0 Å². The highest BCUT2D eigenvalue weighted by atomic mass is 16.2. The van der Waals surface area contributed by atoms with Gasteiger partial charge in [0.05, 0.1) is 0 Å². The molecule has 0 saturated heterocycles. The number of fused-ring (bicyclic) bond motifs is 1. The molecule has 5 nitrogen and oxygen atoms in total. The van der Waals surface area contributed by atoms with Crippen molar-refractivity contribution in [3.63, 3.8) is 0 Å². The predicted octanol–water partition coefficient (Wildman–Crippen LogP) is 4.95. The van der Waals surface area contributed by atoms with Crippen LogP contribution in [0.1, 0.15) is 50.7 Å². The molecule has 158 valence electrons. The zero-order valence-corrected chi connectivity index (χ0v) is 17.9. The minimum atomic E-state index is -0.156. The molecule has 1 heterocycles. The number of para-hydroxylation sites is 1. The maximum absolute atomic E-state index is 13.3. The summed E-state index contributed by atoms with van der Waals surface area (Å²) >= 11 is 0. The highest BCUT2D eigenvalue weighted by molar-refractivity contribution is 6.08. The van der Waals surface area contributed by atoms with Crippen LogP contribution in [0.3, 0.4) is 0 Å². The van der Waals surface area contributed by atoms with Crippen molar-refractivity contribution in [2.24, 2.45) is 0 Å². The number of nitrogens with zero attached hydrogens (tertiary/aromatic N) is 1. The first-order valence-corrected chi connectivity index (χ1v) is 10.6. The van der Waals surface area contributed by atoms with Crippen LogP contribution in [-0.2, 0) is 0 Å². The van der Waals surface area contributed by atoms with Gasteiger partial charge in [0.1, 0.15) is 0 Å². The summed E-state index contributed by atoms with van der Waals surface area (Å²) < 4.78 is 0. The molecular formula is C26H27N3O2. The fourth-order valence-electron chi connectivity index (χ4n) is 4.15. The lowest BCUT2D eigenvalue weighted by atomic mass is 10.0. The molecule has 5 heteroatoms. The Hall–Kier alpha value is -3.44. The normalized spacial score (nSPS) is 15.7. The summed E-state index contributed by atoms with van der Waals surface area (Å²) in [6.07, 6.45) is 1.91. The molecule has 3 aromatic carbocycles. The van der Waals surface area contributed by atoms with Crippen molar-refractivity contribution in [3.8, 4) is 0 Å². The lowest BCUT2D eigenvalue weighted by Crippen LogP contribution is -2.31. The Morgan fingerprint density at radius 3 is 2.39 bits per heavy atom. The van der Waals surface area contributed by atoms with E-state index in [4.69, 9.17) is 0 Å². The molecule has 3 aromatic rings. The molecule has 1 aliphatic rings. The van der Waals surface area contributed by atoms with Crippen LogP contribution >= 0.6 is 0 Å². The Kier molecular flexibility index (Phi) is 6.14. The first kappa shape index (κ1) is 20.8. The molecular weight excluding hydrogens is 386 g/mol. The molecule has 0 fully saturated rings. The number of rotatable bonds is 4. The summed E-state index contributed by atoms with van der Waals surface area (Å²) in [5, 5.41) is 6.28. The SMILES string of the molecule is CN[C@H]1CCCN(C(=O)c2ccc(NC(=O)c3ccccc3C)cc2)c2ccccc21. The minimum absolute atomic E-state index is 0.0269. The Labute approximate surface area is 183 Å². The van der Waals surface area contributed by atoms with E-state index in [1.54, 1.807) is 30.3 Å². The highest BCUT2D eigenvalue weighted by Crippen LogP contribution is 2.33. The number of aryl methyl sites for hydroxylation is 1. The van der Waals surface area contributed by atoms with Gasteiger partial charge in [-0.2, -0.15) is 0 Å². The zero-order chi connectivity index (χ0) is 21.8. The van der Waals surface area contributed by atoms with Crippen LogP contribution in [0.5, 0.6) is 0 Å². The van der Waals surface area contributed by atoms with E-state index in [1.165, 1.54) is 0 Å².